The maximum Gasteiger partial charge on any atom is 0.119 e. The third-order valence-electron chi connectivity index (χ3n) is 2.85. The van der Waals surface area contributed by atoms with Crippen LogP contribution in [0.2, 0.25) is 5.02 Å². The van der Waals surface area contributed by atoms with Gasteiger partial charge < -0.3 is 10.1 Å². The van der Waals surface area contributed by atoms with Crippen molar-refractivity contribution >= 4 is 17.4 Å². The van der Waals surface area contributed by atoms with Crippen LogP contribution in [0, 0.1) is 0 Å². The quantitative estimate of drug-likeness (QED) is 0.780. The first-order valence-electron chi connectivity index (χ1n) is 6.04. The van der Waals surface area contributed by atoms with Crippen LogP contribution in [0.3, 0.4) is 0 Å². The summed E-state index contributed by atoms with van der Waals surface area (Å²) < 4.78 is 5.47. The minimum atomic E-state index is 0.626. The Morgan fingerprint density at radius 3 is 2.94 bits per heavy atom. The van der Waals surface area contributed by atoms with Gasteiger partial charge in [0.15, 0.2) is 0 Å². The highest BCUT2D eigenvalue weighted by atomic mass is 35.5. The van der Waals surface area contributed by atoms with E-state index in [1.165, 1.54) is 18.4 Å². The zero-order valence-corrected chi connectivity index (χ0v) is 10.9. The second-order valence-electron chi connectivity index (χ2n) is 4.31. The van der Waals surface area contributed by atoms with E-state index in [4.69, 9.17) is 16.3 Å². The Kier molecular flexibility index (Phi) is 4.08. The van der Waals surface area contributed by atoms with Crippen LogP contribution < -0.4 is 5.32 Å². The van der Waals surface area contributed by atoms with Crippen molar-refractivity contribution in [2.75, 3.05) is 6.61 Å². The third-order valence-corrected chi connectivity index (χ3v) is 3.08. The third kappa shape index (κ3) is 3.48. The molecule has 0 bridgehead atoms. The summed E-state index contributed by atoms with van der Waals surface area (Å²) in [7, 11) is 0. The van der Waals surface area contributed by atoms with E-state index in [0.29, 0.717) is 18.4 Å². The summed E-state index contributed by atoms with van der Waals surface area (Å²) in [6, 6.07) is 6.56. The highest BCUT2D eigenvalue weighted by Crippen LogP contribution is 2.25. The van der Waals surface area contributed by atoms with Crippen molar-refractivity contribution < 1.29 is 4.74 Å². The largest absolute Gasteiger partial charge is 0.494 e. The van der Waals surface area contributed by atoms with E-state index in [2.05, 4.69) is 11.9 Å². The molecule has 0 spiro atoms. The highest BCUT2D eigenvalue weighted by molar-refractivity contribution is 6.30. The van der Waals surface area contributed by atoms with Gasteiger partial charge in [-0.25, -0.2) is 0 Å². The van der Waals surface area contributed by atoms with Crippen LogP contribution in [0.5, 0.6) is 0 Å². The second-order valence-corrected chi connectivity index (χ2v) is 4.75. The predicted octanol–water partition coefficient (Wildman–Crippen LogP) is 3.60. The number of rotatable bonds is 6. The molecule has 1 saturated carbocycles. The number of nitrogens with one attached hydrogen (secondary N) is 1. The van der Waals surface area contributed by atoms with Crippen LogP contribution in [-0.2, 0) is 11.3 Å². The normalized spacial score (nSPS) is 14.7. The minimum absolute atomic E-state index is 0.626. The maximum atomic E-state index is 6.02. The first-order valence-corrected chi connectivity index (χ1v) is 6.42. The number of hydrogen-bond donors (Lipinski definition) is 1. The number of hydrogen-bond acceptors (Lipinski definition) is 2. The first-order chi connectivity index (χ1) is 8.20. The monoisotopic (exact) mass is 251 g/mol. The van der Waals surface area contributed by atoms with E-state index >= 15 is 0 Å². The standard InChI is InChI=1S/C14H18ClNO/c1-3-17-10(2)14-8-12(15)5-4-11(14)9-16-13-6-7-13/h4-5,8,13,16H,2-3,6-7,9H2,1H3. The summed E-state index contributed by atoms with van der Waals surface area (Å²) in [4.78, 5) is 0. The van der Waals surface area contributed by atoms with Crippen LogP contribution >= 0.6 is 11.6 Å². The van der Waals surface area contributed by atoms with Gasteiger partial charge in [-0.05, 0) is 37.5 Å². The smallest absolute Gasteiger partial charge is 0.119 e. The van der Waals surface area contributed by atoms with E-state index < -0.39 is 0 Å². The van der Waals surface area contributed by atoms with Gasteiger partial charge in [-0.15, -0.1) is 0 Å². The topological polar surface area (TPSA) is 21.3 Å². The molecule has 1 aliphatic carbocycles. The van der Waals surface area contributed by atoms with Crippen LogP contribution in [-0.4, -0.2) is 12.6 Å². The number of halogens is 1. The molecule has 2 rings (SSSR count). The first kappa shape index (κ1) is 12.5. The zero-order valence-electron chi connectivity index (χ0n) is 10.1. The lowest BCUT2D eigenvalue weighted by Crippen LogP contribution is -2.16. The Morgan fingerprint density at radius 1 is 1.53 bits per heavy atom. The van der Waals surface area contributed by atoms with E-state index in [0.717, 1.165) is 17.1 Å². The lowest BCUT2D eigenvalue weighted by atomic mass is 10.1. The van der Waals surface area contributed by atoms with Crippen LogP contribution in [0.1, 0.15) is 30.9 Å². The Bertz CT molecular complexity index is 413. The van der Waals surface area contributed by atoms with Crippen molar-refractivity contribution in [2.24, 2.45) is 0 Å². The van der Waals surface area contributed by atoms with E-state index in [-0.39, 0.29) is 0 Å². The Morgan fingerprint density at radius 2 is 2.29 bits per heavy atom. The molecule has 0 amide bonds. The summed E-state index contributed by atoms with van der Waals surface area (Å²) in [5, 5.41) is 4.21. The Balaban J connectivity index is 2.13. The minimum Gasteiger partial charge on any atom is -0.494 e. The van der Waals surface area contributed by atoms with Gasteiger partial charge in [0.25, 0.3) is 0 Å². The number of ether oxygens (including phenoxy) is 1. The zero-order chi connectivity index (χ0) is 12.3. The van der Waals surface area contributed by atoms with E-state index in [9.17, 15) is 0 Å². The highest BCUT2D eigenvalue weighted by Gasteiger charge is 2.20. The van der Waals surface area contributed by atoms with Gasteiger partial charge in [-0.3, -0.25) is 0 Å². The molecule has 0 radical (unpaired) electrons. The molecule has 1 aliphatic rings. The van der Waals surface area contributed by atoms with Gasteiger partial charge in [0.05, 0.1) is 6.61 Å². The molecule has 0 aliphatic heterocycles. The molecule has 0 atom stereocenters. The molecular weight excluding hydrogens is 234 g/mol. The summed E-state index contributed by atoms with van der Waals surface area (Å²) in [5.74, 6) is 0.697. The summed E-state index contributed by atoms with van der Waals surface area (Å²) in [5.41, 5.74) is 2.20. The van der Waals surface area contributed by atoms with Crippen LogP contribution in [0.15, 0.2) is 24.8 Å². The molecule has 2 nitrogen and oxygen atoms in total. The molecule has 1 aromatic rings. The Hall–Kier alpha value is -0.990. The van der Waals surface area contributed by atoms with Gasteiger partial charge in [-0.1, -0.05) is 24.2 Å². The molecule has 0 aromatic heterocycles. The molecular formula is C14H18ClNO. The van der Waals surface area contributed by atoms with Crippen molar-refractivity contribution in [3.8, 4) is 0 Å². The van der Waals surface area contributed by atoms with Gasteiger partial charge in [0.1, 0.15) is 5.76 Å². The summed E-state index contributed by atoms with van der Waals surface area (Å²) >= 11 is 6.02. The lowest BCUT2D eigenvalue weighted by Gasteiger charge is -2.13. The Labute approximate surface area is 108 Å². The van der Waals surface area contributed by atoms with Crippen LogP contribution in [0.4, 0.5) is 0 Å². The van der Waals surface area contributed by atoms with Gasteiger partial charge in [-0.2, -0.15) is 0 Å². The second kappa shape index (κ2) is 5.56. The van der Waals surface area contributed by atoms with Crippen molar-refractivity contribution in [2.45, 2.75) is 32.4 Å². The molecule has 1 fully saturated rings. The van der Waals surface area contributed by atoms with Gasteiger partial charge >= 0.3 is 0 Å². The molecule has 17 heavy (non-hydrogen) atoms. The fraction of sp³-hybridized carbons (Fsp3) is 0.429. The predicted molar refractivity (Wildman–Crippen MR) is 72.0 cm³/mol. The lowest BCUT2D eigenvalue weighted by molar-refractivity contribution is 0.298. The fourth-order valence-electron chi connectivity index (χ4n) is 1.76. The average molecular weight is 252 g/mol. The summed E-state index contributed by atoms with van der Waals surface area (Å²) in [6.07, 6.45) is 2.57. The molecule has 3 heteroatoms. The van der Waals surface area contributed by atoms with Crippen LogP contribution in [0.25, 0.3) is 5.76 Å². The summed E-state index contributed by atoms with van der Waals surface area (Å²) in [6.45, 7) is 7.38. The van der Waals surface area contributed by atoms with E-state index in [1.54, 1.807) is 0 Å². The fourth-order valence-corrected chi connectivity index (χ4v) is 1.93. The average Bonchev–Trinajstić information content (AvgIpc) is 3.11. The van der Waals surface area contributed by atoms with E-state index in [1.807, 2.05) is 25.1 Å². The molecule has 1 aromatic carbocycles. The maximum absolute atomic E-state index is 6.02. The molecule has 1 N–H and O–H groups in total. The molecule has 92 valence electrons. The molecule has 0 saturated heterocycles. The van der Waals surface area contributed by atoms with Gasteiger partial charge in [0, 0.05) is 23.2 Å². The van der Waals surface area contributed by atoms with Crippen molar-refractivity contribution in [1.82, 2.24) is 5.32 Å². The molecule has 0 heterocycles. The van der Waals surface area contributed by atoms with Crippen molar-refractivity contribution in [1.29, 1.82) is 0 Å². The molecule has 0 unspecified atom stereocenters. The number of benzene rings is 1. The SMILES string of the molecule is C=C(OCC)c1cc(Cl)ccc1CNC1CC1. The van der Waals surface area contributed by atoms with Crippen molar-refractivity contribution in [3.63, 3.8) is 0 Å². The van der Waals surface area contributed by atoms with Gasteiger partial charge in [0.2, 0.25) is 0 Å². The van der Waals surface area contributed by atoms with Crippen molar-refractivity contribution in [3.05, 3.63) is 40.9 Å².